The summed E-state index contributed by atoms with van der Waals surface area (Å²) in [6.45, 7) is 2.05. The van der Waals surface area contributed by atoms with Crippen molar-refractivity contribution in [2.45, 2.75) is 38.6 Å². The lowest BCUT2D eigenvalue weighted by molar-refractivity contribution is 0.0927. The van der Waals surface area contributed by atoms with Gasteiger partial charge in [0.05, 0.1) is 0 Å². The maximum atomic E-state index is 12.1. The standard InChI is InChI=1S/C13H16Cl2N2O/c1-8(9-4-2-3-5-9)16-13(18)10-6-11(14)17-12(15)7-10/h6-9H,2-5H2,1H3,(H,16,18). The summed E-state index contributed by atoms with van der Waals surface area (Å²) in [5.41, 5.74) is 0.463. The molecule has 1 aromatic heterocycles. The third-order valence-corrected chi connectivity index (χ3v) is 3.88. The summed E-state index contributed by atoms with van der Waals surface area (Å²) in [5.74, 6) is 0.447. The van der Waals surface area contributed by atoms with E-state index in [2.05, 4.69) is 17.2 Å². The number of carbonyl (C=O) groups excluding carboxylic acids is 1. The largest absolute Gasteiger partial charge is 0.349 e. The predicted molar refractivity (Wildman–Crippen MR) is 73.1 cm³/mol. The minimum absolute atomic E-state index is 0.138. The van der Waals surface area contributed by atoms with E-state index >= 15 is 0 Å². The zero-order chi connectivity index (χ0) is 13.1. The Labute approximate surface area is 117 Å². The Balaban J connectivity index is 2.02. The number of hydrogen-bond donors (Lipinski definition) is 1. The minimum Gasteiger partial charge on any atom is -0.349 e. The van der Waals surface area contributed by atoms with Crippen molar-refractivity contribution in [2.24, 2.45) is 5.92 Å². The lowest BCUT2D eigenvalue weighted by atomic mass is 9.99. The Bertz CT molecular complexity index is 424. The first-order valence-corrected chi connectivity index (χ1v) is 6.96. The highest BCUT2D eigenvalue weighted by Gasteiger charge is 2.23. The number of hydrogen-bond acceptors (Lipinski definition) is 2. The van der Waals surface area contributed by atoms with Crippen LogP contribution in [0.3, 0.4) is 0 Å². The Hall–Kier alpha value is -0.800. The van der Waals surface area contributed by atoms with E-state index in [-0.39, 0.29) is 22.3 Å². The minimum atomic E-state index is -0.138. The fraction of sp³-hybridized carbons (Fsp3) is 0.538. The number of nitrogens with one attached hydrogen (secondary N) is 1. The molecule has 0 aromatic carbocycles. The number of carbonyl (C=O) groups is 1. The smallest absolute Gasteiger partial charge is 0.251 e. The van der Waals surface area contributed by atoms with Gasteiger partial charge in [-0.25, -0.2) is 4.98 Å². The number of nitrogens with zero attached hydrogens (tertiary/aromatic N) is 1. The van der Waals surface area contributed by atoms with Gasteiger partial charge in [0.1, 0.15) is 10.3 Å². The van der Waals surface area contributed by atoms with Gasteiger partial charge in [-0.1, -0.05) is 36.0 Å². The maximum Gasteiger partial charge on any atom is 0.251 e. The van der Waals surface area contributed by atoms with E-state index in [1.165, 1.54) is 37.8 Å². The fourth-order valence-electron chi connectivity index (χ4n) is 2.46. The van der Waals surface area contributed by atoms with Gasteiger partial charge in [-0.15, -0.1) is 0 Å². The van der Waals surface area contributed by atoms with Crippen molar-refractivity contribution in [1.29, 1.82) is 0 Å². The van der Waals surface area contributed by atoms with E-state index in [0.717, 1.165) is 0 Å². The fourth-order valence-corrected chi connectivity index (χ4v) is 2.92. The zero-order valence-electron chi connectivity index (χ0n) is 10.2. The molecular formula is C13H16Cl2N2O. The van der Waals surface area contributed by atoms with Gasteiger partial charge in [0, 0.05) is 11.6 Å². The maximum absolute atomic E-state index is 12.1. The quantitative estimate of drug-likeness (QED) is 0.861. The monoisotopic (exact) mass is 286 g/mol. The van der Waals surface area contributed by atoms with Crippen LogP contribution in [0.4, 0.5) is 0 Å². The molecule has 2 rings (SSSR count). The summed E-state index contributed by atoms with van der Waals surface area (Å²) in [5, 5.41) is 3.48. The van der Waals surface area contributed by atoms with Gasteiger partial charge in [0.25, 0.3) is 5.91 Å². The van der Waals surface area contributed by atoms with E-state index in [9.17, 15) is 4.79 Å². The molecule has 1 aliphatic rings. The molecule has 18 heavy (non-hydrogen) atoms. The molecule has 1 saturated carbocycles. The van der Waals surface area contributed by atoms with E-state index in [1.807, 2.05) is 0 Å². The summed E-state index contributed by atoms with van der Waals surface area (Å²) < 4.78 is 0. The van der Waals surface area contributed by atoms with Crippen LogP contribution in [0, 0.1) is 5.92 Å². The van der Waals surface area contributed by atoms with Crippen LogP contribution in [0.25, 0.3) is 0 Å². The summed E-state index contributed by atoms with van der Waals surface area (Å²) in [4.78, 5) is 15.9. The molecule has 0 saturated heterocycles. The molecule has 1 N–H and O–H groups in total. The van der Waals surface area contributed by atoms with Crippen molar-refractivity contribution >= 4 is 29.1 Å². The van der Waals surface area contributed by atoms with Crippen molar-refractivity contribution in [1.82, 2.24) is 10.3 Å². The zero-order valence-corrected chi connectivity index (χ0v) is 11.8. The van der Waals surface area contributed by atoms with Crippen LogP contribution in [0.1, 0.15) is 43.0 Å². The first kappa shape index (κ1) is 13.6. The van der Waals surface area contributed by atoms with Crippen LogP contribution in [0.15, 0.2) is 12.1 Å². The number of rotatable bonds is 3. The van der Waals surface area contributed by atoms with Crippen LogP contribution < -0.4 is 5.32 Å². The highest BCUT2D eigenvalue weighted by Crippen LogP contribution is 2.27. The van der Waals surface area contributed by atoms with Gasteiger partial charge >= 0.3 is 0 Å². The number of halogens is 2. The molecule has 0 spiro atoms. The lowest BCUT2D eigenvalue weighted by Crippen LogP contribution is -2.37. The van der Waals surface area contributed by atoms with Crippen molar-refractivity contribution in [3.8, 4) is 0 Å². The Morgan fingerprint density at radius 2 is 1.89 bits per heavy atom. The molecule has 1 aromatic rings. The molecule has 3 nitrogen and oxygen atoms in total. The van der Waals surface area contributed by atoms with Crippen molar-refractivity contribution in [3.05, 3.63) is 28.0 Å². The van der Waals surface area contributed by atoms with Gasteiger partial charge in [0.2, 0.25) is 0 Å². The molecule has 1 fully saturated rings. The van der Waals surface area contributed by atoms with E-state index in [4.69, 9.17) is 23.2 Å². The second-order valence-corrected chi connectivity index (χ2v) is 5.58. The third-order valence-electron chi connectivity index (χ3n) is 3.49. The first-order valence-electron chi connectivity index (χ1n) is 6.20. The molecule has 5 heteroatoms. The normalized spacial score (nSPS) is 17.7. The van der Waals surface area contributed by atoms with Crippen LogP contribution in [0.5, 0.6) is 0 Å². The molecule has 0 aliphatic heterocycles. The number of aromatic nitrogens is 1. The van der Waals surface area contributed by atoms with E-state index in [1.54, 1.807) is 0 Å². The molecule has 1 amide bonds. The highest BCUT2D eigenvalue weighted by atomic mass is 35.5. The van der Waals surface area contributed by atoms with Gasteiger partial charge in [-0.3, -0.25) is 4.79 Å². The summed E-state index contributed by atoms with van der Waals surface area (Å²) in [6, 6.07) is 3.25. The van der Waals surface area contributed by atoms with Crippen molar-refractivity contribution in [3.63, 3.8) is 0 Å². The van der Waals surface area contributed by atoms with Gasteiger partial charge < -0.3 is 5.32 Å². The van der Waals surface area contributed by atoms with Crippen LogP contribution in [-0.4, -0.2) is 16.9 Å². The van der Waals surface area contributed by atoms with Gasteiger partial charge in [-0.2, -0.15) is 0 Å². The van der Waals surface area contributed by atoms with E-state index in [0.29, 0.717) is 11.5 Å². The third kappa shape index (κ3) is 3.36. The Morgan fingerprint density at radius 3 is 2.44 bits per heavy atom. The summed E-state index contributed by atoms with van der Waals surface area (Å²) >= 11 is 11.6. The lowest BCUT2D eigenvalue weighted by Gasteiger charge is -2.20. The molecule has 1 aliphatic carbocycles. The van der Waals surface area contributed by atoms with Crippen molar-refractivity contribution in [2.75, 3.05) is 0 Å². The molecule has 98 valence electrons. The molecular weight excluding hydrogens is 271 g/mol. The molecule has 0 radical (unpaired) electrons. The number of pyridine rings is 1. The summed E-state index contributed by atoms with van der Waals surface area (Å²) in [7, 11) is 0. The van der Waals surface area contributed by atoms with E-state index < -0.39 is 0 Å². The van der Waals surface area contributed by atoms with Crippen LogP contribution in [0.2, 0.25) is 10.3 Å². The van der Waals surface area contributed by atoms with Gasteiger partial charge in [-0.05, 0) is 37.8 Å². The molecule has 1 heterocycles. The van der Waals surface area contributed by atoms with Gasteiger partial charge in [0.15, 0.2) is 0 Å². The summed E-state index contributed by atoms with van der Waals surface area (Å²) in [6.07, 6.45) is 4.91. The second kappa shape index (κ2) is 5.89. The number of amides is 1. The second-order valence-electron chi connectivity index (χ2n) is 4.81. The van der Waals surface area contributed by atoms with Crippen molar-refractivity contribution < 1.29 is 4.79 Å². The van der Waals surface area contributed by atoms with Crippen LogP contribution >= 0.6 is 23.2 Å². The topological polar surface area (TPSA) is 42.0 Å². The first-order chi connectivity index (χ1) is 8.56. The predicted octanol–water partition coefficient (Wildman–Crippen LogP) is 3.70. The highest BCUT2D eigenvalue weighted by molar-refractivity contribution is 6.33. The average molecular weight is 287 g/mol. The molecule has 1 atom stereocenters. The van der Waals surface area contributed by atoms with Crippen LogP contribution in [-0.2, 0) is 0 Å². The molecule has 0 bridgehead atoms. The Morgan fingerprint density at radius 1 is 1.33 bits per heavy atom. The SMILES string of the molecule is CC(NC(=O)c1cc(Cl)nc(Cl)c1)C1CCCC1. The average Bonchev–Trinajstić information content (AvgIpc) is 2.80. The molecule has 1 unspecified atom stereocenters. The Kier molecular flexibility index (Phi) is 4.46.